The SMILES string of the molecule is CCCCC(C(=O)OC)c1cccc(C(F)(F)F)c1. The van der Waals surface area contributed by atoms with Crippen LogP contribution in [0, 0.1) is 0 Å². The summed E-state index contributed by atoms with van der Waals surface area (Å²) in [4.78, 5) is 11.7. The van der Waals surface area contributed by atoms with Gasteiger partial charge in [-0.05, 0) is 18.1 Å². The number of halogens is 3. The molecule has 0 spiro atoms. The zero-order valence-corrected chi connectivity index (χ0v) is 11.0. The number of unbranched alkanes of at least 4 members (excludes halogenated alkanes) is 1. The highest BCUT2D eigenvalue weighted by Gasteiger charge is 2.31. The van der Waals surface area contributed by atoms with Crippen molar-refractivity contribution in [1.82, 2.24) is 0 Å². The second kappa shape index (κ2) is 6.59. The normalized spacial score (nSPS) is 13.1. The van der Waals surface area contributed by atoms with Gasteiger partial charge in [-0.2, -0.15) is 13.2 Å². The first kappa shape index (κ1) is 15.5. The monoisotopic (exact) mass is 274 g/mol. The van der Waals surface area contributed by atoms with Crippen LogP contribution in [0.1, 0.15) is 43.2 Å². The van der Waals surface area contributed by atoms with Crippen LogP contribution in [0.3, 0.4) is 0 Å². The van der Waals surface area contributed by atoms with E-state index in [0.29, 0.717) is 12.0 Å². The number of rotatable bonds is 5. The first-order chi connectivity index (χ1) is 8.90. The van der Waals surface area contributed by atoms with Crippen LogP contribution in [-0.2, 0) is 15.7 Å². The lowest BCUT2D eigenvalue weighted by atomic mass is 9.92. The molecule has 19 heavy (non-hydrogen) atoms. The maximum Gasteiger partial charge on any atom is 0.416 e. The molecule has 2 nitrogen and oxygen atoms in total. The molecule has 0 aliphatic heterocycles. The molecule has 0 heterocycles. The predicted molar refractivity (Wildman–Crippen MR) is 65.7 cm³/mol. The Morgan fingerprint density at radius 1 is 1.37 bits per heavy atom. The molecule has 0 saturated carbocycles. The molecule has 1 aromatic carbocycles. The summed E-state index contributed by atoms with van der Waals surface area (Å²) >= 11 is 0. The maximum absolute atomic E-state index is 12.7. The van der Waals surface area contributed by atoms with E-state index in [4.69, 9.17) is 0 Å². The summed E-state index contributed by atoms with van der Waals surface area (Å²) < 4.78 is 42.6. The Hall–Kier alpha value is -1.52. The number of benzene rings is 1. The number of hydrogen-bond acceptors (Lipinski definition) is 2. The molecule has 0 bridgehead atoms. The van der Waals surface area contributed by atoms with Gasteiger partial charge in [0.25, 0.3) is 0 Å². The molecule has 0 radical (unpaired) electrons. The highest BCUT2D eigenvalue weighted by atomic mass is 19.4. The third-order valence-corrected chi connectivity index (χ3v) is 2.95. The molecule has 1 aromatic rings. The fraction of sp³-hybridized carbons (Fsp3) is 0.500. The van der Waals surface area contributed by atoms with Crippen LogP contribution in [-0.4, -0.2) is 13.1 Å². The summed E-state index contributed by atoms with van der Waals surface area (Å²) in [5, 5.41) is 0. The van der Waals surface area contributed by atoms with Crippen molar-refractivity contribution in [3.8, 4) is 0 Å². The lowest BCUT2D eigenvalue weighted by Gasteiger charge is -2.16. The van der Waals surface area contributed by atoms with Gasteiger partial charge >= 0.3 is 12.1 Å². The number of ether oxygens (including phenoxy) is 1. The molecule has 0 fully saturated rings. The van der Waals surface area contributed by atoms with Crippen LogP contribution < -0.4 is 0 Å². The molecule has 0 N–H and O–H groups in total. The van der Waals surface area contributed by atoms with Gasteiger partial charge in [-0.15, -0.1) is 0 Å². The number of methoxy groups -OCH3 is 1. The van der Waals surface area contributed by atoms with Gasteiger partial charge in [0.15, 0.2) is 0 Å². The molecule has 5 heteroatoms. The molecular weight excluding hydrogens is 257 g/mol. The van der Waals surface area contributed by atoms with Crippen LogP contribution >= 0.6 is 0 Å². The first-order valence-corrected chi connectivity index (χ1v) is 6.15. The van der Waals surface area contributed by atoms with Gasteiger partial charge in [0, 0.05) is 0 Å². The van der Waals surface area contributed by atoms with Crippen LogP contribution in [0.4, 0.5) is 13.2 Å². The molecule has 0 amide bonds. The van der Waals surface area contributed by atoms with E-state index in [1.807, 2.05) is 6.92 Å². The summed E-state index contributed by atoms with van der Waals surface area (Å²) in [6, 6.07) is 4.88. The van der Waals surface area contributed by atoms with Crippen molar-refractivity contribution in [1.29, 1.82) is 0 Å². The lowest BCUT2D eigenvalue weighted by molar-refractivity contribution is -0.143. The Kier molecular flexibility index (Phi) is 5.39. The first-order valence-electron chi connectivity index (χ1n) is 6.15. The molecule has 0 saturated heterocycles. The number of alkyl halides is 3. The summed E-state index contributed by atoms with van der Waals surface area (Å²) in [5.41, 5.74) is -0.384. The minimum atomic E-state index is -4.40. The van der Waals surface area contributed by atoms with Crippen molar-refractivity contribution in [2.75, 3.05) is 7.11 Å². The van der Waals surface area contributed by atoms with Gasteiger partial charge in [0.1, 0.15) is 0 Å². The Morgan fingerprint density at radius 3 is 2.58 bits per heavy atom. The molecule has 1 rings (SSSR count). The molecule has 0 aromatic heterocycles. The zero-order valence-electron chi connectivity index (χ0n) is 11.0. The third kappa shape index (κ3) is 4.26. The van der Waals surface area contributed by atoms with E-state index in [0.717, 1.165) is 25.0 Å². The Morgan fingerprint density at radius 2 is 2.05 bits per heavy atom. The quantitative estimate of drug-likeness (QED) is 0.754. The fourth-order valence-electron chi connectivity index (χ4n) is 1.90. The van der Waals surface area contributed by atoms with Crippen LogP contribution in [0.2, 0.25) is 0 Å². The van der Waals surface area contributed by atoms with Crippen molar-refractivity contribution in [3.63, 3.8) is 0 Å². The largest absolute Gasteiger partial charge is 0.469 e. The highest BCUT2D eigenvalue weighted by Crippen LogP contribution is 2.32. The van der Waals surface area contributed by atoms with Crippen LogP contribution in [0.15, 0.2) is 24.3 Å². The molecular formula is C14H17F3O2. The van der Waals surface area contributed by atoms with E-state index < -0.39 is 23.6 Å². The summed E-state index contributed by atoms with van der Waals surface area (Å²) in [7, 11) is 1.24. The molecule has 0 aliphatic carbocycles. The second-order valence-electron chi connectivity index (χ2n) is 4.34. The average molecular weight is 274 g/mol. The topological polar surface area (TPSA) is 26.3 Å². The van der Waals surface area contributed by atoms with Crippen LogP contribution in [0.25, 0.3) is 0 Å². The van der Waals surface area contributed by atoms with E-state index in [-0.39, 0.29) is 0 Å². The van der Waals surface area contributed by atoms with Crippen molar-refractivity contribution < 1.29 is 22.7 Å². The molecule has 1 unspecified atom stereocenters. The zero-order chi connectivity index (χ0) is 14.5. The van der Waals surface area contributed by atoms with Gasteiger partial charge in [-0.25, -0.2) is 0 Å². The number of carbonyl (C=O) groups is 1. The van der Waals surface area contributed by atoms with Crippen molar-refractivity contribution in [3.05, 3.63) is 35.4 Å². The standard InChI is InChI=1S/C14H17F3O2/c1-3-4-8-12(13(18)19-2)10-6-5-7-11(9-10)14(15,16)17/h5-7,9,12H,3-4,8H2,1-2H3. The van der Waals surface area contributed by atoms with Gasteiger partial charge in [0.2, 0.25) is 0 Å². The van der Waals surface area contributed by atoms with E-state index >= 15 is 0 Å². The van der Waals surface area contributed by atoms with E-state index in [9.17, 15) is 18.0 Å². The third-order valence-electron chi connectivity index (χ3n) is 2.95. The van der Waals surface area contributed by atoms with Gasteiger partial charge in [0.05, 0.1) is 18.6 Å². The molecule has 0 aliphatic rings. The lowest BCUT2D eigenvalue weighted by Crippen LogP contribution is -2.15. The maximum atomic E-state index is 12.7. The van der Waals surface area contributed by atoms with E-state index in [2.05, 4.69) is 4.74 Å². The average Bonchev–Trinajstić information content (AvgIpc) is 2.38. The van der Waals surface area contributed by atoms with Crippen molar-refractivity contribution in [2.24, 2.45) is 0 Å². The summed E-state index contributed by atoms with van der Waals surface area (Å²) in [5.74, 6) is -1.12. The fourth-order valence-corrected chi connectivity index (χ4v) is 1.90. The second-order valence-corrected chi connectivity index (χ2v) is 4.34. The Balaban J connectivity index is 3.05. The van der Waals surface area contributed by atoms with Crippen molar-refractivity contribution in [2.45, 2.75) is 38.3 Å². The summed E-state index contributed by atoms with van der Waals surface area (Å²) in [6.45, 7) is 1.96. The number of carbonyl (C=O) groups excluding carboxylic acids is 1. The smallest absolute Gasteiger partial charge is 0.416 e. The molecule has 1 atom stereocenters. The van der Waals surface area contributed by atoms with Gasteiger partial charge in [-0.3, -0.25) is 4.79 Å². The number of hydrogen-bond donors (Lipinski definition) is 0. The molecule has 106 valence electrons. The van der Waals surface area contributed by atoms with Crippen LogP contribution in [0.5, 0.6) is 0 Å². The van der Waals surface area contributed by atoms with Crippen molar-refractivity contribution >= 4 is 5.97 Å². The predicted octanol–water partition coefficient (Wildman–Crippen LogP) is 4.15. The van der Waals surface area contributed by atoms with Gasteiger partial charge < -0.3 is 4.74 Å². The van der Waals surface area contributed by atoms with Gasteiger partial charge in [-0.1, -0.05) is 38.0 Å². The van der Waals surface area contributed by atoms with E-state index in [1.165, 1.54) is 19.2 Å². The minimum Gasteiger partial charge on any atom is -0.469 e. The highest BCUT2D eigenvalue weighted by molar-refractivity contribution is 5.78. The Labute approximate surface area is 110 Å². The summed E-state index contributed by atoms with van der Waals surface area (Å²) in [6.07, 6.45) is -2.28. The van der Waals surface area contributed by atoms with E-state index in [1.54, 1.807) is 0 Å². The Bertz CT molecular complexity index is 427. The minimum absolute atomic E-state index is 0.357. The number of esters is 1.